The predicted octanol–water partition coefficient (Wildman–Crippen LogP) is 2.06. The largest absolute Gasteiger partial charge is 0.368 e. The summed E-state index contributed by atoms with van der Waals surface area (Å²) in [5, 5.41) is 0. The number of nitrogens with two attached hydrogens (primary N) is 1. The number of nitrogen functional groups attached to an aromatic ring is 1. The Morgan fingerprint density at radius 2 is 2.12 bits per heavy atom. The fraction of sp³-hybridized carbons (Fsp3) is 0.231. The van der Waals surface area contributed by atoms with Crippen LogP contribution in [0.15, 0.2) is 30.5 Å². The zero-order chi connectivity index (χ0) is 11.8. The molecule has 0 spiro atoms. The summed E-state index contributed by atoms with van der Waals surface area (Å²) in [6.45, 7) is 2.96. The van der Waals surface area contributed by atoms with Gasteiger partial charge in [0, 0.05) is 24.0 Å². The minimum atomic E-state index is 0.329. The van der Waals surface area contributed by atoms with Gasteiger partial charge in [0.05, 0.1) is 0 Å². The first kappa shape index (κ1) is 10.1. The van der Waals surface area contributed by atoms with Crippen LogP contribution in [0.4, 0.5) is 17.5 Å². The van der Waals surface area contributed by atoms with Gasteiger partial charge in [-0.1, -0.05) is 18.2 Å². The quantitative estimate of drug-likeness (QED) is 0.808. The minimum absolute atomic E-state index is 0.329. The number of anilines is 3. The highest BCUT2D eigenvalue weighted by atomic mass is 15.2. The Bertz CT molecular complexity index is 565. The number of para-hydroxylation sites is 1. The molecule has 1 aliphatic heterocycles. The smallest absolute Gasteiger partial charge is 0.221 e. The average Bonchev–Trinajstić information content (AvgIpc) is 2.76. The normalized spacial score (nSPS) is 13.8. The van der Waals surface area contributed by atoms with Crippen LogP contribution in [0.25, 0.3) is 0 Å². The monoisotopic (exact) mass is 226 g/mol. The van der Waals surface area contributed by atoms with Crippen molar-refractivity contribution >= 4 is 17.5 Å². The standard InChI is InChI=1S/C13H14N4/c1-9-8-15-13(14)16-12(9)17-7-6-10-4-2-3-5-11(10)17/h2-5,8H,6-7H2,1H3,(H2,14,15,16). The van der Waals surface area contributed by atoms with Gasteiger partial charge in [-0.15, -0.1) is 0 Å². The van der Waals surface area contributed by atoms with E-state index in [1.54, 1.807) is 6.20 Å². The van der Waals surface area contributed by atoms with E-state index in [0.29, 0.717) is 5.95 Å². The minimum Gasteiger partial charge on any atom is -0.368 e. The molecule has 0 unspecified atom stereocenters. The van der Waals surface area contributed by atoms with Crippen molar-refractivity contribution in [1.29, 1.82) is 0 Å². The highest BCUT2D eigenvalue weighted by molar-refractivity contribution is 5.69. The van der Waals surface area contributed by atoms with E-state index < -0.39 is 0 Å². The molecule has 1 aromatic heterocycles. The van der Waals surface area contributed by atoms with Crippen molar-refractivity contribution in [2.45, 2.75) is 13.3 Å². The second-order valence-electron chi connectivity index (χ2n) is 4.27. The Morgan fingerprint density at radius 3 is 3.00 bits per heavy atom. The molecule has 2 N–H and O–H groups in total. The zero-order valence-electron chi connectivity index (χ0n) is 9.72. The van der Waals surface area contributed by atoms with Gasteiger partial charge >= 0.3 is 0 Å². The van der Waals surface area contributed by atoms with Gasteiger partial charge in [-0.05, 0) is 25.0 Å². The van der Waals surface area contributed by atoms with E-state index in [2.05, 4.69) is 39.1 Å². The number of hydrogen-bond acceptors (Lipinski definition) is 4. The van der Waals surface area contributed by atoms with Gasteiger partial charge in [0.15, 0.2) is 0 Å². The van der Waals surface area contributed by atoms with Crippen LogP contribution < -0.4 is 10.6 Å². The van der Waals surface area contributed by atoms with Crippen LogP contribution in [-0.2, 0) is 6.42 Å². The van der Waals surface area contributed by atoms with Crippen LogP contribution >= 0.6 is 0 Å². The Morgan fingerprint density at radius 1 is 1.29 bits per heavy atom. The summed E-state index contributed by atoms with van der Waals surface area (Å²) in [5.74, 6) is 1.25. The SMILES string of the molecule is Cc1cnc(N)nc1N1CCc2ccccc21. The van der Waals surface area contributed by atoms with Crippen molar-refractivity contribution in [3.05, 3.63) is 41.6 Å². The van der Waals surface area contributed by atoms with Crippen LogP contribution in [0.5, 0.6) is 0 Å². The molecule has 0 bridgehead atoms. The molecule has 0 saturated heterocycles. The Balaban J connectivity index is 2.10. The molecule has 1 aliphatic rings. The third kappa shape index (κ3) is 1.62. The maximum absolute atomic E-state index is 5.67. The highest BCUT2D eigenvalue weighted by Crippen LogP contribution is 2.34. The van der Waals surface area contributed by atoms with Gasteiger partial charge in [0.2, 0.25) is 5.95 Å². The van der Waals surface area contributed by atoms with Crippen molar-refractivity contribution < 1.29 is 0 Å². The van der Waals surface area contributed by atoms with Crippen molar-refractivity contribution in [1.82, 2.24) is 9.97 Å². The molecule has 0 amide bonds. The molecule has 2 heterocycles. The summed E-state index contributed by atoms with van der Waals surface area (Å²) in [7, 11) is 0. The molecule has 0 radical (unpaired) electrons. The summed E-state index contributed by atoms with van der Waals surface area (Å²) in [6.07, 6.45) is 2.83. The van der Waals surface area contributed by atoms with Gasteiger partial charge < -0.3 is 10.6 Å². The van der Waals surface area contributed by atoms with Crippen molar-refractivity contribution in [3.63, 3.8) is 0 Å². The van der Waals surface area contributed by atoms with Gasteiger partial charge in [0.1, 0.15) is 5.82 Å². The Kier molecular flexibility index (Phi) is 2.21. The zero-order valence-corrected chi connectivity index (χ0v) is 9.72. The lowest BCUT2D eigenvalue weighted by atomic mass is 10.2. The van der Waals surface area contributed by atoms with Crippen molar-refractivity contribution in [2.75, 3.05) is 17.2 Å². The summed E-state index contributed by atoms with van der Waals surface area (Å²) in [6, 6.07) is 8.41. The fourth-order valence-corrected chi connectivity index (χ4v) is 2.28. The third-order valence-corrected chi connectivity index (χ3v) is 3.11. The van der Waals surface area contributed by atoms with E-state index in [1.807, 2.05) is 6.92 Å². The second-order valence-corrected chi connectivity index (χ2v) is 4.27. The molecular formula is C13H14N4. The average molecular weight is 226 g/mol. The summed E-state index contributed by atoms with van der Waals surface area (Å²) < 4.78 is 0. The third-order valence-electron chi connectivity index (χ3n) is 3.11. The maximum atomic E-state index is 5.67. The molecule has 86 valence electrons. The number of fused-ring (bicyclic) bond motifs is 1. The number of aryl methyl sites for hydroxylation is 1. The van der Waals surface area contributed by atoms with E-state index >= 15 is 0 Å². The number of nitrogens with zero attached hydrogens (tertiary/aromatic N) is 3. The molecule has 0 saturated carbocycles. The first-order valence-corrected chi connectivity index (χ1v) is 5.70. The van der Waals surface area contributed by atoms with E-state index in [0.717, 1.165) is 24.3 Å². The number of rotatable bonds is 1. The lowest BCUT2D eigenvalue weighted by Crippen LogP contribution is -2.17. The number of benzene rings is 1. The van der Waals surface area contributed by atoms with Crippen LogP contribution in [0, 0.1) is 6.92 Å². The molecule has 2 aromatic rings. The first-order chi connectivity index (χ1) is 8.25. The van der Waals surface area contributed by atoms with E-state index in [-0.39, 0.29) is 0 Å². The number of hydrogen-bond donors (Lipinski definition) is 1. The molecule has 4 heteroatoms. The van der Waals surface area contributed by atoms with E-state index in [1.165, 1.54) is 11.3 Å². The molecule has 4 nitrogen and oxygen atoms in total. The molecule has 0 fully saturated rings. The molecular weight excluding hydrogens is 212 g/mol. The van der Waals surface area contributed by atoms with Gasteiger partial charge in [0.25, 0.3) is 0 Å². The van der Waals surface area contributed by atoms with Gasteiger partial charge in [-0.3, -0.25) is 0 Å². The van der Waals surface area contributed by atoms with Gasteiger partial charge in [-0.25, -0.2) is 4.98 Å². The molecule has 0 aliphatic carbocycles. The topological polar surface area (TPSA) is 55.0 Å². The first-order valence-electron chi connectivity index (χ1n) is 5.70. The highest BCUT2D eigenvalue weighted by Gasteiger charge is 2.22. The van der Waals surface area contributed by atoms with Crippen LogP contribution in [0.1, 0.15) is 11.1 Å². The summed E-state index contributed by atoms with van der Waals surface area (Å²) in [4.78, 5) is 10.6. The van der Waals surface area contributed by atoms with E-state index in [4.69, 9.17) is 5.73 Å². The molecule has 1 aromatic carbocycles. The second kappa shape index (κ2) is 3.73. The van der Waals surface area contributed by atoms with Crippen molar-refractivity contribution in [2.24, 2.45) is 0 Å². The lowest BCUT2D eigenvalue weighted by Gasteiger charge is -2.20. The summed E-state index contributed by atoms with van der Waals surface area (Å²) in [5.41, 5.74) is 9.31. The Hall–Kier alpha value is -2.10. The van der Waals surface area contributed by atoms with Crippen LogP contribution in [-0.4, -0.2) is 16.5 Å². The van der Waals surface area contributed by atoms with Crippen molar-refractivity contribution in [3.8, 4) is 0 Å². The molecule has 3 rings (SSSR count). The van der Waals surface area contributed by atoms with Gasteiger partial charge in [-0.2, -0.15) is 4.98 Å². The number of aromatic nitrogens is 2. The summed E-state index contributed by atoms with van der Waals surface area (Å²) >= 11 is 0. The molecule has 0 atom stereocenters. The van der Waals surface area contributed by atoms with Crippen LogP contribution in [0.3, 0.4) is 0 Å². The predicted molar refractivity (Wildman–Crippen MR) is 68.3 cm³/mol. The maximum Gasteiger partial charge on any atom is 0.221 e. The lowest BCUT2D eigenvalue weighted by molar-refractivity contribution is 0.957. The van der Waals surface area contributed by atoms with Crippen LogP contribution in [0.2, 0.25) is 0 Å². The fourth-order valence-electron chi connectivity index (χ4n) is 2.28. The van der Waals surface area contributed by atoms with E-state index in [9.17, 15) is 0 Å². The molecule has 17 heavy (non-hydrogen) atoms. The Labute approximate surface area is 100 Å².